The third-order valence-corrected chi connectivity index (χ3v) is 4.71. The van der Waals surface area contributed by atoms with E-state index >= 15 is 0 Å². The number of ketones is 1. The van der Waals surface area contributed by atoms with Gasteiger partial charge in [0.2, 0.25) is 0 Å². The van der Waals surface area contributed by atoms with Gasteiger partial charge in [-0.25, -0.2) is 0 Å². The number of hydrogen-bond acceptors (Lipinski definition) is 2. The maximum absolute atomic E-state index is 12.2. The van der Waals surface area contributed by atoms with E-state index in [1.807, 2.05) is 11.8 Å². The summed E-state index contributed by atoms with van der Waals surface area (Å²) >= 11 is 1.87. The number of thioether (sulfide) groups is 1. The standard InChI is InChI=1S/C13H20OS/c14-13(12-9-6-10-15-12)11-7-4-2-1-3-5-8-11/h7,12H,1-6,8-10H2/b11-7+. The molecule has 15 heavy (non-hydrogen) atoms. The van der Waals surface area contributed by atoms with Crippen molar-refractivity contribution in [3.63, 3.8) is 0 Å². The van der Waals surface area contributed by atoms with Gasteiger partial charge in [-0.1, -0.05) is 18.9 Å². The average Bonchev–Trinajstić information content (AvgIpc) is 2.68. The van der Waals surface area contributed by atoms with E-state index in [4.69, 9.17) is 0 Å². The number of hydrogen-bond donors (Lipinski definition) is 0. The summed E-state index contributed by atoms with van der Waals surface area (Å²) in [6, 6.07) is 0. The van der Waals surface area contributed by atoms with Crippen LogP contribution in [0, 0.1) is 0 Å². The van der Waals surface area contributed by atoms with Crippen molar-refractivity contribution in [1.29, 1.82) is 0 Å². The van der Waals surface area contributed by atoms with E-state index in [1.165, 1.54) is 37.9 Å². The van der Waals surface area contributed by atoms with Crippen molar-refractivity contribution >= 4 is 17.5 Å². The molecule has 2 heteroatoms. The minimum atomic E-state index is 0.302. The zero-order chi connectivity index (χ0) is 10.5. The van der Waals surface area contributed by atoms with Gasteiger partial charge < -0.3 is 0 Å². The van der Waals surface area contributed by atoms with Gasteiger partial charge in [-0.05, 0) is 49.9 Å². The summed E-state index contributed by atoms with van der Waals surface area (Å²) in [4.78, 5) is 12.2. The molecule has 0 spiro atoms. The highest BCUT2D eigenvalue weighted by Crippen LogP contribution is 2.30. The van der Waals surface area contributed by atoms with Crippen LogP contribution >= 0.6 is 11.8 Å². The molecule has 0 amide bonds. The molecule has 0 bridgehead atoms. The second-order valence-electron chi connectivity index (χ2n) is 4.55. The van der Waals surface area contributed by atoms with Crippen LogP contribution in [0.15, 0.2) is 11.6 Å². The molecule has 2 rings (SSSR count). The average molecular weight is 224 g/mol. The highest BCUT2D eigenvalue weighted by atomic mass is 32.2. The SMILES string of the molecule is O=C(/C1=C/CCCCCC1)C1CCCS1. The van der Waals surface area contributed by atoms with Crippen LogP contribution in [0.2, 0.25) is 0 Å². The maximum atomic E-state index is 12.2. The minimum absolute atomic E-state index is 0.302. The first-order chi connectivity index (χ1) is 7.38. The van der Waals surface area contributed by atoms with Gasteiger partial charge >= 0.3 is 0 Å². The van der Waals surface area contributed by atoms with E-state index < -0.39 is 0 Å². The Labute approximate surface area is 96.7 Å². The van der Waals surface area contributed by atoms with E-state index in [9.17, 15) is 4.79 Å². The lowest BCUT2D eigenvalue weighted by Crippen LogP contribution is -2.17. The fraction of sp³-hybridized carbons (Fsp3) is 0.769. The Balaban J connectivity index is 1.96. The van der Waals surface area contributed by atoms with Crippen molar-refractivity contribution in [1.82, 2.24) is 0 Å². The number of rotatable bonds is 2. The molecular weight excluding hydrogens is 204 g/mol. The van der Waals surface area contributed by atoms with Gasteiger partial charge in [0, 0.05) is 0 Å². The topological polar surface area (TPSA) is 17.1 Å². The first-order valence-electron chi connectivity index (χ1n) is 6.23. The van der Waals surface area contributed by atoms with Crippen molar-refractivity contribution in [2.45, 2.75) is 56.6 Å². The van der Waals surface area contributed by atoms with Crippen LogP contribution in [0.25, 0.3) is 0 Å². The normalized spacial score (nSPS) is 31.5. The molecule has 0 aromatic heterocycles. The summed E-state index contributed by atoms with van der Waals surface area (Å²) in [5.41, 5.74) is 1.15. The predicted molar refractivity (Wildman–Crippen MR) is 66.3 cm³/mol. The third-order valence-electron chi connectivity index (χ3n) is 3.33. The molecular formula is C13H20OS. The quantitative estimate of drug-likeness (QED) is 0.711. The van der Waals surface area contributed by atoms with Gasteiger partial charge in [0.15, 0.2) is 5.78 Å². The summed E-state index contributed by atoms with van der Waals surface area (Å²) in [5.74, 6) is 1.64. The van der Waals surface area contributed by atoms with Gasteiger partial charge in [0.05, 0.1) is 5.25 Å². The molecule has 0 aromatic carbocycles. The van der Waals surface area contributed by atoms with Gasteiger partial charge in [-0.15, -0.1) is 0 Å². The Morgan fingerprint density at radius 2 is 2.07 bits per heavy atom. The van der Waals surface area contributed by atoms with Crippen LogP contribution in [0.5, 0.6) is 0 Å². The summed E-state index contributed by atoms with van der Waals surface area (Å²) in [7, 11) is 0. The van der Waals surface area contributed by atoms with Crippen LogP contribution in [-0.2, 0) is 4.79 Å². The largest absolute Gasteiger partial charge is 0.293 e. The lowest BCUT2D eigenvalue weighted by molar-refractivity contribution is -0.115. The van der Waals surface area contributed by atoms with Crippen molar-refractivity contribution < 1.29 is 4.79 Å². The highest BCUT2D eigenvalue weighted by molar-refractivity contribution is 8.00. The lowest BCUT2D eigenvalue weighted by Gasteiger charge is -2.13. The zero-order valence-corrected chi connectivity index (χ0v) is 10.2. The molecule has 1 aliphatic heterocycles. The van der Waals surface area contributed by atoms with Crippen LogP contribution in [-0.4, -0.2) is 16.8 Å². The second-order valence-corrected chi connectivity index (χ2v) is 5.86. The van der Waals surface area contributed by atoms with Crippen LogP contribution < -0.4 is 0 Å². The number of carbonyl (C=O) groups excluding carboxylic acids is 1. The zero-order valence-electron chi connectivity index (χ0n) is 9.34. The first kappa shape index (κ1) is 11.3. The molecule has 1 heterocycles. The summed E-state index contributed by atoms with van der Waals surface area (Å²) in [6.07, 6.45) is 11.9. The molecule has 1 nitrogen and oxygen atoms in total. The van der Waals surface area contributed by atoms with Gasteiger partial charge in [0.1, 0.15) is 0 Å². The fourth-order valence-electron chi connectivity index (χ4n) is 2.41. The van der Waals surface area contributed by atoms with Crippen LogP contribution in [0.3, 0.4) is 0 Å². The molecule has 0 radical (unpaired) electrons. The molecule has 1 fully saturated rings. The molecule has 1 saturated heterocycles. The van der Waals surface area contributed by atoms with Crippen molar-refractivity contribution in [3.8, 4) is 0 Å². The highest BCUT2D eigenvalue weighted by Gasteiger charge is 2.25. The summed E-state index contributed by atoms with van der Waals surface area (Å²) in [6.45, 7) is 0. The molecule has 1 atom stereocenters. The Hall–Kier alpha value is -0.240. The van der Waals surface area contributed by atoms with E-state index in [0.717, 1.165) is 24.8 Å². The van der Waals surface area contributed by atoms with Gasteiger partial charge in [-0.3, -0.25) is 4.79 Å². The van der Waals surface area contributed by atoms with Gasteiger partial charge in [-0.2, -0.15) is 11.8 Å². The molecule has 1 unspecified atom stereocenters. The van der Waals surface area contributed by atoms with E-state index in [1.54, 1.807) is 0 Å². The number of Topliss-reactive ketones (excluding diaryl/α,β-unsaturated/α-hetero) is 1. The maximum Gasteiger partial charge on any atom is 0.171 e. The monoisotopic (exact) mass is 224 g/mol. The Kier molecular flexibility index (Phi) is 4.30. The van der Waals surface area contributed by atoms with Crippen molar-refractivity contribution in [3.05, 3.63) is 11.6 Å². The Morgan fingerprint density at radius 3 is 2.87 bits per heavy atom. The second kappa shape index (κ2) is 5.74. The molecule has 84 valence electrons. The predicted octanol–water partition coefficient (Wildman–Crippen LogP) is 3.73. The smallest absolute Gasteiger partial charge is 0.171 e. The fourth-order valence-corrected chi connectivity index (χ4v) is 3.66. The Bertz CT molecular complexity index is 251. The molecule has 0 saturated carbocycles. The molecule has 0 N–H and O–H groups in total. The molecule has 1 aliphatic carbocycles. The first-order valence-corrected chi connectivity index (χ1v) is 7.27. The van der Waals surface area contributed by atoms with Gasteiger partial charge in [0.25, 0.3) is 0 Å². The minimum Gasteiger partial charge on any atom is -0.293 e. The lowest BCUT2D eigenvalue weighted by atomic mass is 9.95. The van der Waals surface area contributed by atoms with Crippen LogP contribution in [0.4, 0.5) is 0 Å². The molecule has 0 aromatic rings. The van der Waals surface area contributed by atoms with Crippen LogP contribution in [0.1, 0.15) is 51.4 Å². The number of allylic oxidation sites excluding steroid dienone is 2. The van der Waals surface area contributed by atoms with E-state index in [-0.39, 0.29) is 0 Å². The third kappa shape index (κ3) is 3.10. The van der Waals surface area contributed by atoms with Crippen molar-refractivity contribution in [2.24, 2.45) is 0 Å². The number of carbonyl (C=O) groups is 1. The van der Waals surface area contributed by atoms with E-state index in [0.29, 0.717) is 11.0 Å². The van der Waals surface area contributed by atoms with E-state index in [2.05, 4.69) is 6.08 Å². The Morgan fingerprint density at radius 1 is 1.20 bits per heavy atom. The molecule has 2 aliphatic rings. The summed E-state index contributed by atoms with van der Waals surface area (Å²) < 4.78 is 0. The van der Waals surface area contributed by atoms with Crippen molar-refractivity contribution in [2.75, 3.05) is 5.75 Å². The summed E-state index contributed by atoms with van der Waals surface area (Å²) in [5, 5.41) is 0.302.